The number of rotatable bonds is 2. The molecule has 7 rings (SSSR count). The average molecular weight is 443 g/mol. The summed E-state index contributed by atoms with van der Waals surface area (Å²) < 4.78 is 2.41. The van der Waals surface area contributed by atoms with Crippen LogP contribution >= 0.6 is 11.8 Å². The van der Waals surface area contributed by atoms with Gasteiger partial charge in [0.2, 0.25) is 0 Å². The number of nitrogens with zero attached hydrogens (tertiary/aromatic N) is 1. The Hall–Kier alpha value is -3.69. The number of fused-ring (bicyclic) bond motifs is 6. The van der Waals surface area contributed by atoms with Crippen LogP contribution in [-0.2, 0) is 0 Å². The number of benzene rings is 4. The van der Waals surface area contributed by atoms with Crippen LogP contribution in [0, 0.1) is 0 Å². The first-order valence-corrected chi connectivity index (χ1v) is 12.2. The van der Waals surface area contributed by atoms with Crippen molar-refractivity contribution in [2.45, 2.75) is 16.1 Å². The number of thioether (sulfide) groups is 1. The normalized spacial score (nSPS) is 19.0. The van der Waals surface area contributed by atoms with Gasteiger partial charge in [-0.05, 0) is 35.4 Å². The highest BCUT2D eigenvalue weighted by Crippen LogP contribution is 2.52. The third-order valence-corrected chi connectivity index (χ3v) is 8.33. The molecule has 2 unspecified atom stereocenters. The predicted octanol–water partition coefficient (Wildman–Crippen LogP) is 7.58. The van der Waals surface area contributed by atoms with E-state index in [1.54, 1.807) is 0 Å². The first-order chi connectivity index (χ1) is 16.3. The molecule has 0 fully saturated rings. The molecular weight excluding hydrogens is 420 g/mol. The topological polar surface area (TPSA) is 30.9 Å². The number of nitrogen functional groups attached to an aromatic ring is 1. The van der Waals surface area contributed by atoms with Gasteiger partial charge in [-0.1, -0.05) is 85.0 Å². The van der Waals surface area contributed by atoms with Crippen LogP contribution in [0.1, 0.15) is 17.0 Å². The van der Waals surface area contributed by atoms with Gasteiger partial charge in [-0.3, -0.25) is 0 Å². The molecule has 1 aromatic heterocycles. The van der Waals surface area contributed by atoms with Crippen molar-refractivity contribution in [2.24, 2.45) is 0 Å². The van der Waals surface area contributed by atoms with E-state index in [9.17, 15) is 0 Å². The Morgan fingerprint density at radius 2 is 1.42 bits per heavy atom. The van der Waals surface area contributed by atoms with Gasteiger partial charge in [-0.15, -0.1) is 11.8 Å². The Balaban J connectivity index is 1.45. The fraction of sp³-hybridized carbons (Fsp3) is 0.0667. The fourth-order valence-electron chi connectivity index (χ4n) is 5.42. The van der Waals surface area contributed by atoms with E-state index in [0.717, 1.165) is 5.69 Å². The second-order valence-electron chi connectivity index (χ2n) is 8.74. The summed E-state index contributed by atoms with van der Waals surface area (Å²) in [5.41, 5.74) is 14.7. The van der Waals surface area contributed by atoms with Crippen molar-refractivity contribution in [3.05, 3.63) is 120 Å². The standard InChI is InChI=1S/C30H22N2S/c31-25-12-7-11-23-24-18-19(16-17-29(24)33-30(23)25)20-8-1-4-13-26(20)32-27-14-5-2-9-21(27)22-10-3-6-15-28(22)32/h1-18,24,29H,31H2. The minimum atomic E-state index is 0.347. The molecule has 2 atom stereocenters. The molecule has 0 saturated carbocycles. The fourth-order valence-corrected chi connectivity index (χ4v) is 6.77. The highest BCUT2D eigenvalue weighted by atomic mass is 32.2. The summed E-state index contributed by atoms with van der Waals surface area (Å²) in [5, 5.41) is 2.98. The Bertz CT molecular complexity index is 1570. The van der Waals surface area contributed by atoms with Gasteiger partial charge < -0.3 is 10.3 Å². The van der Waals surface area contributed by atoms with E-state index in [4.69, 9.17) is 5.73 Å². The van der Waals surface area contributed by atoms with Gasteiger partial charge in [0, 0.05) is 38.1 Å². The molecule has 0 amide bonds. The number of para-hydroxylation sites is 3. The molecule has 0 saturated heterocycles. The third-order valence-electron chi connectivity index (χ3n) is 6.90. The monoisotopic (exact) mass is 442 g/mol. The van der Waals surface area contributed by atoms with Gasteiger partial charge in [-0.2, -0.15) is 0 Å². The molecule has 4 aromatic carbocycles. The number of anilines is 1. The van der Waals surface area contributed by atoms with Crippen LogP contribution in [0.15, 0.2) is 114 Å². The second-order valence-corrected chi connectivity index (χ2v) is 9.93. The predicted molar refractivity (Wildman–Crippen MR) is 141 cm³/mol. The largest absolute Gasteiger partial charge is 0.398 e. The van der Waals surface area contributed by atoms with E-state index in [1.165, 1.54) is 49.1 Å². The van der Waals surface area contributed by atoms with Crippen molar-refractivity contribution >= 4 is 44.8 Å². The minimum absolute atomic E-state index is 0.347. The number of nitrogens with two attached hydrogens (primary N) is 1. The Morgan fingerprint density at radius 1 is 0.727 bits per heavy atom. The molecule has 2 heterocycles. The van der Waals surface area contributed by atoms with Gasteiger partial charge >= 0.3 is 0 Å². The Kier molecular flexibility index (Phi) is 4.09. The molecule has 1 aliphatic carbocycles. The van der Waals surface area contributed by atoms with Crippen molar-refractivity contribution < 1.29 is 0 Å². The van der Waals surface area contributed by atoms with E-state index in [2.05, 4.69) is 108 Å². The van der Waals surface area contributed by atoms with Crippen LogP contribution in [0.5, 0.6) is 0 Å². The summed E-state index contributed by atoms with van der Waals surface area (Å²) in [6.07, 6.45) is 7.09. The lowest BCUT2D eigenvalue weighted by Crippen LogP contribution is -2.10. The van der Waals surface area contributed by atoms with Crippen LogP contribution in [0.25, 0.3) is 33.1 Å². The maximum absolute atomic E-state index is 6.30. The van der Waals surface area contributed by atoms with Crippen molar-refractivity contribution in [1.82, 2.24) is 4.57 Å². The van der Waals surface area contributed by atoms with E-state index in [-0.39, 0.29) is 0 Å². The molecule has 5 aromatic rings. The van der Waals surface area contributed by atoms with Crippen LogP contribution in [0.4, 0.5) is 5.69 Å². The molecule has 2 N–H and O–H groups in total. The quantitative estimate of drug-likeness (QED) is 0.286. The highest BCUT2D eigenvalue weighted by Gasteiger charge is 2.33. The number of allylic oxidation sites excluding steroid dienone is 3. The average Bonchev–Trinajstić information content (AvgIpc) is 3.40. The molecule has 2 aliphatic rings. The zero-order valence-electron chi connectivity index (χ0n) is 18.0. The van der Waals surface area contributed by atoms with Crippen molar-refractivity contribution in [3.63, 3.8) is 0 Å². The molecule has 0 spiro atoms. The maximum Gasteiger partial charge on any atom is 0.0541 e. The van der Waals surface area contributed by atoms with Crippen LogP contribution in [0.3, 0.4) is 0 Å². The van der Waals surface area contributed by atoms with Crippen molar-refractivity contribution in [1.29, 1.82) is 0 Å². The first kappa shape index (κ1) is 18.8. The zero-order valence-corrected chi connectivity index (χ0v) is 18.8. The summed E-state index contributed by atoms with van der Waals surface area (Å²) >= 11 is 1.89. The molecule has 0 radical (unpaired) electrons. The summed E-state index contributed by atoms with van der Waals surface area (Å²) in [5.74, 6) is 0.347. The van der Waals surface area contributed by atoms with E-state index >= 15 is 0 Å². The summed E-state index contributed by atoms with van der Waals surface area (Å²) in [4.78, 5) is 1.24. The van der Waals surface area contributed by atoms with Gasteiger partial charge in [0.25, 0.3) is 0 Å². The first-order valence-electron chi connectivity index (χ1n) is 11.3. The SMILES string of the molecule is Nc1cccc2c1SC1C=CC(c3ccccc3-n3c4ccccc4c4ccccc43)=CC21. The van der Waals surface area contributed by atoms with Crippen LogP contribution < -0.4 is 5.73 Å². The second kappa shape index (κ2) is 7.16. The van der Waals surface area contributed by atoms with E-state index < -0.39 is 0 Å². The Labute approximate surface area is 197 Å². The van der Waals surface area contributed by atoms with Gasteiger partial charge in [-0.25, -0.2) is 0 Å². The van der Waals surface area contributed by atoms with E-state index in [1.807, 2.05) is 17.8 Å². The van der Waals surface area contributed by atoms with Crippen molar-refractivity contribution in [3.8, 4) is 5.69 Å². The highest BCUT2D eigenvalue weighted by molar-refractivity contribution is 8.00. The van der Waals surface area contributed by atoms with Gasteiger partial charge in [0.15, 0.2) is 0 Å². The third kappa shape index (κ3) is 2.76. The number of hydrogen-bond donors (Lipinski definition) is 1. The van der Waals surface area contributed by atoms with Crippen LogP contribution in [-0.4, -0.2) is 9.82 Å². The van der Waals surface area contributed by atoms with Crippen molar-refractivity contribution in [2.75, 3.05) is 5.73 Å². The molecule has 2 nitrogen and oxygen atoms in total. The lowest BCUT2D eigenvalue weighted by Gasteiger charge is -2.21. The molecule has 33 heavy (non-hydrogen) atoms. The smallest absolute Gasteiger partial charge is 0.0541 e. The molecule has 1 aliphatic heterocycles. The van der Waals surface area contributed by atoms with Crippen LogP contribution in [0.2, 0.25) is 0 Å². The summed E-state index contributed by atoms with van der Waals surface area (Å²) in [6.45, 7) is 0. The summed E-state index contributed by atoms with van der Waals surface area (Å²) in [7, 11) is 0. The lowest BCUT2D eigenvalue weighted by molar-refractivity contribution is 0.885. The Morgan fingerprint density at radius 3 is 2.21 bits per heavy atom. The maximum atomic E-state index is 6.30. The lowest BCUT2D eigenvalue weighted by atomic mass is 9.87. The van der Waals surface area contributed by atoms with Gasteiger partial charge in [0.1, 0.15) is 0 Å². The number of aromatic nitrogens is 1. The molecule has 0 bridgehead atoms. The van der Waals surface area contributed by atoms with Gasteiger partial charge in [0.05, 0.1) is 16.7 Å². The summed E-state index contributed by atoms with van der Waals surface area (Å²) in [6, 6.07) is 32.5. The molecular formula is C30H22N2S. The zero-order chi connectivity index (χ0) is 21.9. The van der Waals surface area contributed by atoms with E-state index in [0.29, 0.717) is 11.2 Å². The molecule has 158 valence electrons. The molecule has 3 heteroatoms. The number of hydrogen-bond acceptors (Lipinski definition) is 2. The minimum Gasteiger partial charge on any atom is -0.398 e.